The first-order valence-corrected chi connectivity index (χ1v) is 9.11. The molecule has 120 valence electrons. The zero-order valence-corrected chi connectivity index (χ0v) is 14.4. The molecule has 22 heavy (non-hydrogen) atoms. The first kappa shape index (κ1) is 17.2. The van der Waals surface area contributed by atoms with Crippen molar-refractivity contribution in [3.8, 4) is 0 Å². The Labute approximate surface area is 137 Å². The van der Waals surface area contributed by atoms with Gasteiger partial charge in [0.2, 0.25) is 0 Å². The number of nitrogens with zero attached hydrogens (tertiary/aromatic N) is 1. The fourth-order valence-electron chi connectivity index (χ4n) is 2.57. The maximum absolute atomic E-state index is 11.7. The molecule has 0 aromatic heterocycles. The van der Waals surface area contributed by atoms with Gasteiger partial charge in [-0.2, -0.15) is 8.10 Å². The first-order chi connectivity index (χ1) is 10.3. The minimum Gasteiger partial charge on any atom is -0.512 e. The Balaban J connectivity index is 2.46. The highest BCUT2D eigenvalue weighted by Gasteiger charge is 2.31. The van der Waals surface area contributed by atoms with Gasteiger partial charge in [0.05, 0.1) is 24.7 Å². The molecule has 5 nitrogen and oxygen atoms in total. The highest BCUT2D eigenvalue weighted by atomic mass is 32.2. The molecule has 0 heterocycles. The standard InChI is InChI=1S/C15H19NO4S2/c1-16(2,22(19)20)14-8-10(4-5-15(14)21-3)11-6-12(17)9-13(18)7-11/h4-5,8-9,11H,6-7H2,1-3H3,(H-,17,18,19,20)/p+1. The van der Waals surface area contributed by atoms with Crippen LogP contribution in [0, 0.1) is 0 Å². The quantitative estimate of drug-likeness (QED) is 0.500. The van der Waals surface area contributed by atoms with E-state index in [1.165, 1.54) is 17.8 Å². The van der Waals surface area contributed by atoms with E-state index >= 15 is 0 Å². The first-order valence-electron chi connectivity index (χ1n) is 6.82. The Morgan fingerprint density at radius 1 is 1.32 bits per heavy atom. The maximum Gasteiger partial charge on any atom is 0.363 e. The van der Waals surface area contributed by atoms with Crippen LogP contribution < -0.4 is 3.89 Å². The summed E-state index contributed by atoms with van der Waals surface area (Å²) < 4.78 is 21.0. The van der Waals surface area contributed by atoms with Crippen molar-refractivity contribution >= 4 is 34.5 Å². The number of allylic oxidation sites excluding steroid dienone is 2. The van der Waals surface area contributed by atoms with Crippen LogP contribution in [0.2, 0.25) is 0 Å². The second-order valence-electron chi connectivity index (χ2n) is 5.72. The average Bonchev–Trinajstić information content (AvgIpc) is 2.45. The molecular formula is C15H20NO4S2+. The number of quaternary nitrogens is 1. The third-order valence-corrected chi connectivity index (χ3v) is 5.64. The van der Waals surface area contributed by atoms with E-state index in [0.29, 0.717) is 12.8 Å². The van der Waals surface area contributed by atoms with E-state index in [1.807, 2.05) is 24.5 Å². The van der Waals surface area contributed by atoms with Gasteiger partial charge in [-0.1, -0.05) is 6.07 Å². The van der Waals surface area contributed by atoms with Gasteiger partial charge in [-0.05, 0) is 23.8 Å². The Morgan fingerprint density at radius 3 is 2.55 bits per heavy atom. The molecule has 0 fully saturated rings. The molecule has 7 heteroatoms. The van der Waals surface area contributed by atoms with Crippen LogP contribution in [0.5, 0.6) is 0 Å². The van der Waals surface area contributed by atoms with E-state index in [4.69, 9.17) is 0 Å². The lowest BCUT2D eigenvalue weighted by molar-refractivity contribution is -0.115. The summed E-state index contributed by atoms with van der Waals surface area (Å²) in [5.74, 6) is -0.0979. The minimum absolute atomic E-state index is 0.0937. The van der Waals surface area contributed by atoms with E-state index < -0.39 is 11.3 Å². The Hall–Kier alpha value is -1.15. The predicted octanol–water partition coefficient (Wildman–Crippen LogP) is 3.00. The fourth-order valence-corrected chi connectivity index (χ4v) is 3.65. The molecule has 0 saturated heterocycles. The van der Waals surface area contributed by atoms with Crippen LogP contribution in [0.3, 0.4) is 0 Å². The van der Waals surface area contributed by atoms with Gasteiger partial charge in [-0.15, -0.1) is 11.8 Å². The zero-order chi connectivity index (χ0) is 16.5. The number of aliphatic hydroxyl groups is 1. The summed E-state index contributed by atoms with van der Waals surface area (Å²) in [4.78, 5) is 12.6. The summed E-state index contributed by atoms with van der Waals surface area (Å²) in [6.45, 7) is 0. The largest absolute Gasteiger partial charge is 0.512 e. The monoisotopic (exact) mass is 342 g/mol. The van der Waals surface area contributed by atoms with Crippen LogP contribution in [0.4, 0.5) is 5.69 Å². The average molecular weight is 342 g/mol. The molecular weight excluding hydrogens is 322 g/mol. The number of hydrogen-bond acceptors (Lipinski definition) is 4. The van der Waals surface area contributed by atoms with Gasteiger partial charge in [0.1, 0.15) is 0 Å². The summed E-state index contributed by atoms with van der Waals surface area (Å²) in [6, 6.07) is 5.70. The molecule has 0 radical (unpaired) electrons. The van der Waals surface area contributed by atoms with Crippen LogP contribution in [-0.4, -0.2) is 40.0 Å². The van der Waals surface area contributed by atoms with Crippen LogP contribution in [0.25, 0.3) is 0 Å². The number of benzene rings is 1. The van der Waals surface area contributed by atoms with Gasteiger partial charge in [-0.3, -0.25) is 9.35 Å². The third kappa shape index (κ3) is 3.43. The molecule has 0 aliphatic heterocycles. The van der Waals surface area contributed by atoms with Gasteiger partial charge in [0.25, 0.3) is 0 Å². The molecule has 1 aliphatic carbocycles. The van der Waals surface area contributed by atoms with Gasteiger partial charge in [0.15, 0.2) is 11.5 Å². The van der Waals surface area contributed by atoms with Gasteiger partial charge in [0, 0.05) is 25.0 Å². The van der Waals surface area contributed by atoms with Crippen molar-refractivity contribution < 1.29 is 18.7 Å². The molecule has 0 saturated carbocycles. The van der Waals surface area contributed by atoms with Crippen molar-refractivity contribution in [2.45, 2.75) is 23.7 Å². The number of aliphatic hydroxyl groups excluding tert-OH is 1. The number of ketones is 1. The molecule has 2 atom stereocenters. The second-order valence-corrected chi connectivity index (χ2v) is 7.94. The van der Waals surface area contributed by atoms with E-state index in [1.54, 1.807) is 14.1 Å². The Kier molecular flexibility index (Phi) is 5.11. The van der Waals surface area contributed by atoms with Crippen LogP contribution >= 0.6 is 11.8 Å². The molecule has 0 amide bonds. The number of carbonyl (C=O) groups is 1. The summed E-state index contributed by atoms with van der Waals surface area (Å²) in [5, 5.41) is 9.67. The molecule has 0 spiro atoms. The SMILES string of the molecule is CSc1ccc(C2CC(=O)C=C(O)C2)cc1[N+](C)(C)S(=O)O. The molecule has 2 unspecified atom stereocenters. The summed E-state index contributed by atoms with van der Waals surface area (Å²) in [5.41, 5.74) is 1.63. The lowest BCUT2D eigenvalue weighted by Crippen LogP contribution is -2.42. The summed E-state index contributed by atoms with van der Waals surface area (Å²) in [7, 11) is 3.33. The van der Waals surface area contributed by atoms with E-state index in [2.05, 4.69) is 0 Å². The van der Waals surface area contributed by atoms with Gasteiger partial charge >= 0.3 is 11.3 Å². The molecule has 1 aliphatic rings. The van der Waals surface area contributed by atoms with E-state index in [9.17, 15) is 18.7 Å². The lowest BCUT2D eigenvalue weighted by atomic mass is 9.86. The number of rotatable bonds is 4. The Bertz CT molecular complexity index is 655. The van der Waals surface area contributed by atoms with Crippen molar-refractivity contribution in [2.24, 2.45) is 0 Å². The smallest absolute Gasteiger partial charge is 0.363 e. The number of carbonyl (C=O) groups excluding carboxylic acids is 1. The van der Waals surface area contributed by atoms with Crippen molar-refractivity contribution in [2.75, 3.05) is 20.4 Å². The highest BCUT2D eigenvalue weighted by Crippen LogP contribution is 2.38. The van der Waals surface area contributed by atoms with Crippen molar-refractivity contribution in [1.82, 2.24) is 3.89 Å². The minimum atomic E-state index is -2.07. The summed E-state index contributed by atoms with van der Waals surface area (Å²) >= 11 is -0.562. The second kappa shape index (κ2) is 6.54. The normalized spacial score (nSPS) is 20.6. The maximum atomic E-state index is 11.7. The molecule has 2 N–H and O–H groups in total. The van der Waals surface area contributed by atoms with Crippen molar-refractivity contribution in [1.29, 1.82) is 0 Å². The lowest BCUT2D eigenvalue weighted by Gasteiger charge is -2.27. The van der Waals surface area contributed by atoms with Crippen molar-refractivity contribution in [3.05, 3.63) is 35.6 Å². The van der Waals surface area contributed by atoms with E-state index in [0.717, 1.165) is 16.1 Å². The molecule has 2 rings (SSSR count). The zero-order valence-electron chi connectivity index (χ0n) is 12.8. The fraction of sp³-hybridized carbons (Fsp3) is 0.400. The number of thioether (sulfide) groups is 1. The summed E-state index contributed by atoms with van der Waals surface area (Å²) in [6.07, 6.45) is 3.95. The van der Waals surface area contributed by atoms with Crippen molar-refractivity contribution in [3.63, 3.8) is 0 Å². The Morgan fingerprint density at radius 2 is 2.00 bits per heavy atom. The molecule has 1 aromatic rings. The van der Waals surface area contributed by atoms with Crippen LogP contribution in [0.15, 0.2) is 34.9 Å². The van der Waals surface area contributed by atoms with Gasteiger partial charge in [-0.25, -0.2) is 0 Å². The topological polar surface area (TPSA) is 74.6 Å². The molecule has 0 bridgehead atoms. The third-order valence-electron chi connectivity index (χ3n) is 3.88. The van der Waals surface area contributed by atoms with Gasteiger partial charge < -0.3 is 5.11 Å². The number of hydrogen-bond donors (Lipinski definition) is 2. The highest BCUT2D eigenvalue weighted by molar-refractivity contribution is 7.98. The predicted molar refractivity (Wildman–Crippen MR) is 90.3 cm³/mol. The van der Waals surface area contributed by atoms with Crippen LogP contribution in [-0.2, 0) is 16.1 Å². The van der Waals surface area contributed by atoms with E-state index in [-0.39, 0.29) is 21.3 Å². The molecule has 1 aromatic carbocycles. The van der Waals surface area contributed by atoms with Crippen LogP contribution in [0.1, 0.15) is 24.3 Å².